The molecule has 2 rings (SSSR count). The maximum Gasteiger partial charge on any atom is 0.353 e. The summed E-state index contributed by atoms with van der Waals surface area (Å²) in [5, 5.41) is 25.7. The molecule has 1 aromatic heterocycles. The Kier molecular flexibility index (Phi) is 6.43. The molecule has 0 atom stereocenters. The number of nitrogen functional groups attached to an aromatic ring is 1. The van der Waals surface area contributed by atoms with Crippen molar-refractivity contribution in [3.8, 4) is 0 Å². The lowest BCUT2D eigenvalue weighted by atomic mass is 10.2. The molecular weight excluding hydrogens is 328 g/mol. The lowest BCUT2D eigenvalue weighted by molar-refractivity contribution is -0.383. The molecule has 0 aliphatic rings. The quantitative estimate of drug-likeness (QED) is 0.300. The lowest BCUT2D eigenvalue weighted by Crippen LogP contribution is -2.15. The van der Waals surface area contributed by atoms with E-state index in [-0.39, 0.29) is 36.5 Å². The molecule has 1 heterocycles. The third kappa shape index (κ3) is 5.26. The van der Waals surface area contributed by atoms with E-state index in [1.165, 1.54) is 0 Å². The van der Waals surface area contributed by atoms with Crippen LogP contribution < -0.4 is 16.4 Å². The third-order valence-electron chi connectivity index (χ3n) is 3.14. The number of nitrogens with zero attached hydrogens (tertiary/aromatic N) is 3. The Morgan fingerprint density at radius 2 is 2.16 bits per heavy atom. The summed E-state index contributed by atoms with van der Waals surface area (Å²) in [7, 11) is 0. The first-order valence-corrected chi connectivity index (χ1v) is 7.59. The Labute approximate surface area is 144 Å². The number of nitrogens with two attached hydrogens (primary N) is 1. The molecule has 0 saturated carbocycles. The predicted octanol–water partition coefficient (Wildman–Crippen LogP) is 1.44. The van der Waals surface area contributed by atoms with Gasteiger partial charge in [-0.1, -0.05) is 12.1 Å². The number of hydrogen-bond acceptors (Lipinski definition) is 9. The zero-order valence-corrected chi connectivity index (χ0v) is 13.7. The van der Waals surface area contributed by atoms with Gasteiger partial charge in [0, 0.05) is 12.2 Å². The molecular formula is C15H20N6O4. The summed E-state index contributed by atoms with van der Waals surface area (Å²) >= 11 is 0. The van der Waals surface area contributed by atoms with Gasteiger partial charge in [0.2, 0.25) is 17.6 Å². The number of ether oxygens (including phenoxy) is 1. The molecule has 0 bridgehead atoms. The summed E-state index contributed by atoms with van der Waals surface area (Å²) in [5.74, 6) is -0.0957. The van der Waals surface area contributed by atoms with Crippen LogP contribution in [0.4, 0.5) is 29.0 Å². The van der Waals surface area contributed by atoms with E-state index in [2.05, 4.69) is 20.6 Å². The fraction of sp³-hybridized carbons (Fsp3) is 0.333. The second-order valence-electron chi connectivity index (χ2n) is 5.14. The van der Waals surface area contributed by atoms with Crippen molar-refractivity contribution in [2.45, 2.75) is 6.92 Å². The highest BCUT2D eigenvalue weighted by atomic mass is 16.6. The van der Waals surface area contributed by atoms with Crippen LogP contribution in [0.25, 0.3) is 0 Å². The topological polar surface area (TPSA) is 148 Å². The van der Waals surface area contributed by atoms with Crippen molar-refractivity contribution in [3.63, 3.8) is 0 Å². The molecule has 134 valence electrons. The lowest BCUT2D eigenvalue weighted by Gasteiger charge is -2.11. The molecule has 0 spiro atoms. The number of nitrogens with one attached hydrogen (secondary N) is 2. The molecule has 10 nitrogen and oxygen atoms in total. The molecule has 0 fully saturated rings. The van der Waals surface area contributed by atoms with Gasteiger partial charge in [-0.2, -0.15) is 9.97 Å². The molecule has 5 N–H and O–H groups in total. The van der Waals surface area contributed by atoms with E-state index in [1.807, 2.05) is 25.1 Å². The molecule has 10 heteroatoms. The maximum absolute atomic E-state index is 11.3. The van der Waals surface area contributed by atoms with Gasteiger partial charge in [-0.3, -0.25) is 10.1 Å². The first-order chi connectivity index (χ1) is 12.0. The Morgan fingerprint density at radius 1 is 1.36 bits per heavy atom. The average Bonchev–Trinajstić information content (AvgIpc) is 2.54. The summed E-state index contributed by atoms with van der Waals surface area (Å²) in [4.78, 5) is 18.7. The second kappa shape index (κ2) is 8.76. The SMILES string of the molecule is Cc1cccc(Nc2nc(NCCOCCO)nc(N)c2[N+](=O)[O-])c1. The van der Waals surface area contributed by atoms with Gasteiger partial charge in [0.1, 0.15) is 0 Å². The molecule has 2 aromatic rings. The summed E-state index contributed by atoms with van der Waals surface area (Å²) in [6.45, 7) is 2.76. The van der Waals surface area contributed by atoms with Crippen LogP contribution in [0, 0.1) is 17.0 Å². The van der Waals surface area contributed by atoms with Crippen molar-refractivity contribution >= 4 is 29.0 Å². The fourth-order valence-electron chi connectivity index (χ4n) is 2.08. The Balaban J connectivity index is 2.21. The normalized spacial score (nSPS) is 10.5. The smallest absolute Gasteiger partial charge is 0.353 e. The second-order valence-corrected chi connectivity index (χ2v) is 5.14. The highest BCUT2D eigenvalue weighted by molar-refractivity contribution is 5.74. The largest absolute Gasteiger partial charge is 0.394 e. The van der Waals surface area contributed by atoms with E-state index in [4.69, 9.17) is 15.6 Å². The van der Waals surface area contributed by atoms with Crippen molar-refractivity contribution in [2.24, 2.45) is 0 Å². The van der Waals surface area contributed by atoms with E-state index in [0.717, 1.165) is 5.56 Å². The number of aromatic nitrogens is 2. The van der Waals surface area contributed by atoms with E-state index >= 15 is 0 Å². The molecule has 0 saturated heterocycles. The van der Waals surface area contributed by atoms with Crippen LogP contribution in [0.15, 0.2) is 24.3 Å². The van der Waals surface area contributed by atoms with Crippen LogP contribution in [-0.4, -0.2) is 46.4 Å². The van der Waals surface area contributed by atoms with Gasteiger partial charge in [0.15, 0.2) is 0 Å². The van der Waals surface area contributed by atoms with E-state index in [1.54, 1.807) is 6.07 Å². The van der Waals surface area contributed by atoms with Crippen LogP contribution >= 0.6 is 0 Å². The number of aliphatic hydroxyl groups excluding tert-OH is 1. The summed E-state index contributed by atoms with van der Waals surface area (Å²) < 4.78 is 5.11. The van der Waals surface area contributed by atoms with Gasteiger partial charge < -0.3 is 26.2 Å². The minimum atomic E-state index is -0.623. The number of rotatable bonds is 9. The van der Waals surface area contributed by atoms with Crippen molar-refractivity contribution in [2.75, 3.05) is 42.7 Å². The average molecular weight is 348 g/mol. The monoisotopic (exact) mass is 348 g/mol. The minimum absolute atomic E-state index is 0.00174. The van der Waals surface area contributed by atoms with Crippen LogP contribution in [0.5, 0.6) is 0 Å². The van der Waals surface area contributed by atoms with Crippen molar-refractivity contribution in [3.05, 3.63) is 39.9 Å². The summed E-state index contributed by atoms with van der Waals surface area (Å²) in [6.07, 6.45) is 0. The molecule has 25 heavy (non-hydrogen) atoms. The van der Waals surface area contributed by atoms with Crippen LogP contribution in [-0.2, 0) is 4.74 Å². The number of benzene rings is 1. The Hall–Kier alpha value is -2.98. The van der Waals surface area contributed by atoms with Gasteiger partial charge in [0.25, 0.3) is 0 Å². The molecule has 0 unspecified atom stereocenters. The van der Waals surface area contributed by atoms with E-state index in [0.29, 0.717) is 18.8 Å². The summed E-state index contributed by atoms with van der Waals surface area (Å²) in [6, 6.07) is 7.34. The van der Waals surface area contributed by atoms with Crippen LogP contribution in [0.2, 0.25) is 0 Å². The van der Waals surface area contributed by atoms with Crippen molar-refractivity contribution < 1.29 is 14.8 Å². The molecule has 0 aliphatic carbocycles. The minimum Gasteiger partial charge on any atom is -0.394 e. The number of hydrogen-bond donors (Lipinski definition) is 4. The molecule has 0 radical (unpaired) electrons. The molecule has 0 aliphatic heterocycles. The van der Waals surface area contributed by atoms with E-state index in [9.17, 15) is 10.1 Å². The van der Waals surface area contributed by atoms with Gasteiger partial charge in [-0.25, -0.2) is 0 Å². The van der Waals surface area contributed by atoms with Gasteiger partial charge >= 0.3 is 5.69 Å². The first kappa shape index (κ1) is 18.4. The standard InChI is InChI=1S/C15H20N6O4/c1-10-3-2-4-11(9-10)18-14-12(21(23)24)13(16)19-15(20-14)17-5-7-25-8-6-22/h2-4,9,22H,5-8H2,1H3,(H4,16,17,18,19,20). The Morgan fingerprint density at radius 3 is 2.84 bits per heavy atom. The van der Waals surface area contributed by atoms with Crippen LogP contribution in [0.3, 0.4) is 0 Å². The van der Waals surface area contributed by atoms with Gasteiger partial charge in [-0.05, 0) is 24.6 Å². The van der Waals surface area contributed by atoms with Crippen LogP contribution in [0.1, 0.15) is 5.56 Å². The highest BCUT2D eigenvalue weighted by Crippen LogP contribution is 2.31. The number of nitro groups is 1. The number of aliphatic hydroxyl groups is 1. The Bertz CT molecular complexity index is 740. The number of aryl methyl sites for hydroxylation is 1. The molecule has 0 amide bonds. The zero-order valence-electron chi connectivity index (χ0n) is 13.7. The number of anilines is 4. The zero-order chi connectivity index (χ0) is 18.2. The maximum atomic E-state index is 11.3. The van der Waals surface area contributed by atoms with E-state index < -0.39 is 4.92 Å². The fourth-order valence-corrected chi connectivity index (χ4v) is 2.08. The first-order valence-electron chi connectivity index (χ1n) is 7.59. The van der Waals surface area contributed by atoms with Crippen molar-refractivity contribution in [1.29, 1.82) is 0 Å². The third-order valence-corrected chi connectivity index (χ3v) is 3.14. The summed E-state index contributed by atoms with van der Waals surface area (Å²) in [5.41, 5.74) is 6.98. The highest BCUT2D eigenvalue weighted by Gasteiger charge is 2.23. The van der Waals surface area contributed by atoms with Gasteiger partial charge in [-0.15, -0.1) is 0 Å². The van der Waals surface area contributed by atoms with Crippen molar-refractivity contribution in [1.82, 2.24) is 9.97 Å². The molecule has 1 aromatic carbocycles. The van der Waals surface area contributed by atoms with Gasteiger partial charge in [0.05, 0.1) is 24.7 Å². The predicted molar refractivity (Wildman–Crippen MR) is 94.0 cm³/mol.